The zero-order valence-electron chi connectivity index (χ0n) is 17.4. The molecule has 162 valence electrons. The lowest BCUT2D eigenvalue weighted by molar-refractivity contribution is -0.120. The number of hydrogen-bond donors (Lipinski definition) is 3. The molecule has 1 saturated heterocycles. The molecule has 1 fully saturated rings. The summed E-state index contributed by atoms with van der Waals surface area (Å²) in [7, 11) is 1.51. The van der Waals surface area contributed by atoms with Crippen LogP contribution >= 0.6 is 0 Å². The van der Waals surface area contributed by atoms with E-state index in [-0.39, 0.29) is 11.7 Å². The van der Waals surface area contributed by atoms with E-state index in [1.165, 1.54) is 13.2 Å². The molecule has 2 aromatic rings. The van der Waals surface area contributed by atoms with Crippen LogP contribution < -0.4 is 5.32 Å². The van der Waals surface area contributed by atoms with Crippen LogP contribution in [-0.4, -0.2) is 35.2 Å². The number of aromatic carboxylic acids is 1. The molecule has 0 radical (unpaired) electrons. The van der Waals surface area contributed by atoms with Crippen LogP contribution in [0.15, 0.2) is 40.8 Å². The normalized spacial score (nSPS) is 19.3. The topological polar surface area (TPSA) is 109 Å². The van der Waals surface area contributed by atoms with Crippen molar-refractivity contribution in [3.63, 3.8) is 0 Å². The number of carbonyl (C=O) groups is 2. The smallest absolute Gasteiger partial charge is 0.371 e. The third kappa shape index (κ3) is 4.27. The number of furan rings is 1. The first kappa shape index (κ1) is 22.1. The van der Waals surface area contributed by atoms with E-state index in [1.54, 1.807) is 6.07 Å². The first-order chi connectivity index (χ1) is 14.4. The van der Waals surface area contributed by atoms with E-state index in [9.17, 15) is 19.8 Å². The molecular weight excluding hydrogens is 386 g/mol. The summed E-state index contributed by atoms with van der Waals surface area (Å²) in [5, 5.41) is 22.7. The van der Waals surface area contributed by atoms with Gasteiger partial charge in [0.25, 0.3) is 0 Å². The Balaban J connectivity index is 1.97. The van der Waals surface area contributed by atoms with Gasteiger partial charge >= 0.3 is 5.97 Å². The van der Waals surface area contributed by atoms with Crippen LogP contribution in [0.5, 0.6) is 0 Å². The summed E-state index contributed by atoms with van der Waals surface area (Å²) in [6, 6.07) is 9.92. The summed E-state index contributed by atoms with van der Waals surface area (Å²) >= 11 is 0. The number of unbranched alkanes of at least 4 members (excludes halogenated alkanes) is 2. The highest BCUT2D eigenvalue weighted by Gasteiger charge is 2.48. The monoisotopic (exact) mass is 415 g/mol. The fraction of sp³-hybridized carbons (Fsp3) is 0.478. The number of nitrogens with one attached hydrogen (secondary N) is 1. The quantitative estimate of drug-likeness (QED) is 0.510. The van der Waals surface area contributed by atoms with Crippen molar-refractivity contribution >= 4 is 11.9 Å². The Morgan fingerprint density at radius 3 is 2.53 bits per heavy atom. The fourth-order valence-electron chi connectivity index (χ4n) is 4.15. The van der Waals surface area contributed by atoms with Gasteiger partial charge in [-0.25, -0.2) is 4.79 Å². The van der Waals surface area contributed by atoms with Crippen LogP contribution in [0.3, 0.4) is 0 Å². The zero-order chi connectivity index (χ0) is 21.7. The number of ether oxygens (including phenoxy) is 1. The first-order valence-corrected chi connectivity index (χ1v) is 10.4. The van der Waals surface area contributed by atoms with Crippen LogP contribution in [0.2, 0.25) is 0 Å². The molecule has 1 aliphatic heterocycles. The third-order valence-electron chi connectivity index (χ3n) is 5.80. The lowest BCUT2D eigenvalue weighted by Gasteiger charge is -2.36. The Bertz CT molecular complexity index is 874. The molecule has 7 nitrogen and oxygen atoms in total. The number of amides is 1. The van der Waals surface area contributed by atoms with Gasteiger partial charge in [-0.05, 0) is 36.1 Å². The number of rotatable bonds is 10. The second-order valence-corrected chi connectivity index (χ2v) is 7.70. The second-order valence-electron chi connectivity index (χ2n) is 7.70. The maximum atomic E-state index is 11.9. The van der Waals surface area contributed by atoms with Gasteiger partial charge in [0.2, 0.25) is 11.7 Å². The van der Waals surface area contributed by atoms with Crippen LogP contribution in [0.4, 0.5) is 0 Å². The van der Waals surface area contributed by atoms with E-state index < -0.39 is 23.7 Å². The standard InChI is InChI=1S/C23H29NO6/c1-3-4-5-6-17(25)15-7-9-16(10-8-15)23(29-2,19-12-14-21(26)24-19)20-13-11-18(30-20)22(27)28/h7-11,13,17,19,25H,3-6,12,14H2,1-2H3,(H,24,26)(H,27,28)/t17?,19?,23-/m0/s1. The molecule has 0 aliphatic carbocycles. The van der Waals surface area contributed by atoms with Crippen molar-refractivity contribution in [2.24, 2.45) is 0 Å². The molecule has 1 amide bonds. The van der Waals surface area contributed by atoms with Crippen molar-refractivity contribution in [1.82, 2.24) is 5.32 Å². The predicted molar refractivity (Wildman–Crippen MR) is 110 cm³/mol. The number of carboxylic acids is 1. The molecule has 1 aromatic heterocycles. The minimum atomic E-state index is -1.18. The largest absolute Gasteiger partial charge is 0.475 e. The Labute approximate surface area is 176 Å². The minimum Gasteiger partial charge on any atom is -0.475 e. The molecule has 30 heavy (non-hydrogen) atoms. The van der Waals surface area contributed by atoms with Gasteiger partial charge in [-0.15, -0.1) is 0 Å². The molecule has 0 saturated carbocycles. The highest BCUT2D eigenvalue weighted by atomic mass is 16.5. The van der Waals surface area contributed by atoms with E-state index in [2.05, 4.69) is 12.2 Å². The SMILES string of the molecule is CCCCCC(O)c1ccc([C@@](OC)(c2ccc(C(=O)O)o2)C2CCC(=O)N2)cc1. The van der Waals surface area contributed by atoms with Crippen molar-refractivity contribution in [1.29, 1.82) is 0 Å². The molecule has 2 unspecified atom stereocenters. The Morgan fingerprint density at radius 2 is 2.00 bits per heavy atom. The second kappa shape index (κ2) is 9.45. The van der Waals surface area contributed by atoms with Gasteiger partial charge in [0.15, 0.2) is 5.60 Å². The number of benzene rings is 1. The molecule has 3 rings (SSSR count). The maximum absolute atomic E-state index is 11.9. The molecule has 0 bridgehead atoms. The maximum Gasteiger partial charge on any atom is 0.371 e. The molecule has 1 aliphatic rings. The number of aliphatic hydroxyl groups is 1. The Hall–Kier alpha value is -2.64. The average Bonchev–Trinajstić information content (AvgIpc) is 3.40. The summed E-state index contributed by atoms with van der Waals surface area (Å²) in [6.07, 6.45) is 4.16. The molecule has 7 heteroatoms. The van der Waals surface area contributed by atoms with Crippen molar-refractivity contribution in [3.8, 4) is 0 Å². The molecular formula is C23H29NO6. The Morgan fingerprint density at radius 1 is 1.27 bits per heavy atom. The van der Waals surface area contributed by atoms with Crippen LogP contribution in [0.1, 0.15) is 79.0 Å². The zero-order valence-corrected chi connectivity index (χ0v) is 17.4. The van der Waals surface area contributed by atoms with E-state index in [0.717, 1.165) is 24.8 Å². The number of carboxylic acid groups (broad SMARTS) is 1. The molecule has 2 heterocycles. The van der Waals surface area contributed by atoms with Gasteiger partial charge < -0.3 is 24.7 Å². The van der Waals surface area contributed by atoms with Gasteiger partial charge in [-0.3, -0.25) is 4.79 Å². The van der Waals surface area contributed by atoms with Crippen LogP contribution in [0, 0.1) is 0 Å². The summed E-state index contributed by atoms with van der Waals surface area (Å²) in [6.45, 7) is 2.12. The van der Waals surface area contributed by atoms with Crippen molar-refractivity contribution in [3.05, 3.63) is 59.0 Å². The van der Waals surface area contributed by atoms with Gasteiger partial charge in [0.1, 0.15) is 5.76 Å². The summed E-state index contributed by atoms with van der Waals surface area (Å²) in [5.74, 6) is -1.15. The summed E-state index contributed by atoms with van der Waals surface area (Å²) in [4.78, 5) is 23.3. The number of carbonyl (C=O) groups excluding carboxylic acids is 1. The van der Waals surface area contributed by atoms with Gasteiger partial charge in [-0.1, -0.05) is 50.5 Å². The number of hydrogen-bond acceptors (Lipinski definition) is 5. The lowest BCUT2D eigenvalue weighted by Crippen LogP contribution is -2.48. The molecule has 3 N–H and O–H groups in total. The first-order valence-electron chi connectivity index (χ1n) is 10.4. The minimum absolute atomic E-state index is 0.0885. The molecule has 3 atom stereocenters. The summed E-state index contributed by atoms with van der Waals surface area (Å²) in [5.41, 5.74) is 0.347. The molecule has 0 spiro atoms. The van der Waals surface area contributed by atoms with Crippen LogP contribution in [0.25, 0.3) is 0 Å². The van der Waals surface area contributed by atoms with Crippen molar-refractivity contribution < 1.29 is 29.0 Å². The highest BCUT2D eigenvalue weighted by molar-refractivity contribution is 5.84. The summed E-state index contributed by atoms with van der Waals surface area (Å²) < 4.78 is 11.6. The highest BCUT2D eigenvalue weighted by Crippen LogP contribution is 2.41. The van der Waals surface area contributed by atoms with Gasteiger partial charge in [-0.2, -0.15) is 0 Å². The van der Waals surface area contributed by atoms with Gasteiger partial charge in [0.05, 0.1) is 12.1 Å². The lowest BCUT2D eigenvalue weighted by atomic mass is 9.82. The number of methoxy groups -OCH3 is 1. The third-order valence-corrected chi connectivity index (χ3v) is 5.80. The van der Waals surface area contributed by atoms with E-state index in [0.29, 0.717) is 30.6 Å². The van der Waals surface area contributed by atoms with E-state index in [1.807, 2.05) is 24.3 Å². The van der Waals surface area contributed by atoms with Crippen molar-refractivity contribution in [2.45, 2.75) is 63.2 Å². The van der Waals surface area contributed by atoms with E-state index >= 15 is 0 Å². The van der Waals surface area contributed by atoms with E-state index in [4.69, 9.17) is 9.15 Å². The van der Waals surface area contributed by atoms with Crippen molar-refractivity contribution in [2.75, 3.05) is 7.11 Å². The van der Waals surface area contributed by atoms with Gasteiger partial charge in [0, 0.05) is 13.5 Å². The Kier molecular flexibility index (Phi) is 6.95. The van der Waals surface area contributed by atoms with Crippen LogP contribution in [-0.2, 0) is 15.1 Å². The molecule has 1 aromatic carbocycles. The predicted octanol–water partition coefficient (Wildman–Crippen LogP) is 3.76. The average molecular weight is 415 g/mol. The fourth-order valence-corrected chi connectivity index (χ4v) is 4.15. The number of aliphatic hydroxyl groups excluding tert-OH is 1.